The van der Waals surface area contributed by atoms with Gasteiger partial charge in [0, 0.05) is 21.1 Å². The lowest BCUT2D eigenvalue weighted by molar-refractivity contribution is -0.270. The average molecular weight is 105 g/mol. The molecule has 0 atom stereocenters. The third-order valence-electron chi connectivity index (χ3n) is 0.278. The van der Waals surface area contributed by atoms with Crippen molar-refractivity contribution in [1.29, 1.82) is 0 Å². The van der Waals surface area contributed by atoms with E-state index in [1.807, 2.05) is 0 Å². The number of nitrogens with zero attached hydrogens (tertiary/aromatic N) is 2. The molecule has 0 heterocycles. The molecule has 7 heavy (non-hydrogen) atoms. The van der Waals surface area contributed by atoms with Crippen LogP contribution in [-0.4, -0.2) is 31.4 Å². The number of hydrogen-bond donors (Lipinski definition) is 0. The van der Waals surface area contributed by atoms with Gasteiger partial charge in [0.1, 0.15) is 0 Å². The highest BCUT2D eigenvalue weighted by Gasteiger charge is 1.82. The maximum Gasteiger partial charge on any atom is 0.0142 e. The number of rotatable bonds is 2. The van der Waals surface area contributed by atoms with Crippen molar-refractivity contribution in [3.05, 3.63) is 5.21 Å². The number of hydroxylamine groups is 4. The van der Waals surface area contributed by atoms with Crippen molar-refractivity contribution in [1.82, 2.24) is 10.3 Å². The first-order valence-electron chi connectivity index (χ1n) is 1.89. The lowest BCUT2D eigenvalue weighted by atomic mass is 11.2. The quantitative estimate of drug-likeness (QED) is 0.457. The second-order valence-corrected chi connectivity index (χ2v) is 1.33. The lowest BCUT2D eigenvalue weighted by Gasteiger charge is -2.23. The zero-order valence-electron chi connectivity index (χ0n) is 4.71. The van der Waals surface area contributed by atoms with Crippen LogP contribution in [0.1, 0.15) is 0 Å². The van der Waals surface area contributed by atoms with Gasteiger partial charge in [-0.1, -0.05) is 0 Å². The summed E-state index contributed by atoms with van der Waals surface area (Å²) in [7, 11) is 4.54. The van der Waals surface area contributed by atoms with E-state index in [0.717, 1.165) is 0 Å². The normalized spacial score (nSPS) is 11.1. The van der Waals surface area contributed by atoms with Gasteiger partial charge in [-0.25, -0.2) is 10.2 Å². The van der Waals surface area contributed by atoms with Crippen molar-refractivity contribution < 1.29 is 4.94 Å². The zero-order valence-corrected chi connectivity index (χ0v) is 4.71. The fourth-order valence-corrected chi connectivity index (χ4v) is 0.230. The van der Waals surface area contributed by atoms with Gasteiger partial charge >= 0.3 is 0 Å². The molecule has 0 saturated heterocycles. The van der Waals surface area contributed by atoms with Crippen molar-refractivity contribution in [2.75, 3.05) is 21.1 Å². The minimum atomic E-state index is 0.375. The second-order valence-electron chi connectivity index (χ2n) is 1.33. The van der Waals surface area contributed by atoms with Crippen LogP contribution in [0.5, 0.6) is 0 Å². The van der Waals surface area contributed by atoms with Crippen LogP contribution in [-0.2, 0) is 4.94 Å². The maximum atomic E-state index is 9.91. The van der Waals surface area contributed by atoms with E-state index in [2.05, 4.69) is 4.94 Å². The van der Waals surface area contributed by atoms with Gasteiger partial charge in [-0.3, -0.25) is 0 Å². The second kappa shape index (κ2) is 2.92. The Kier molecular flexibility index (Phi) is 2.86. The van der Waals surface area contributed by atoms with E-state index in [0.29, 0.717) is 5.23 Å². The molecule has 0 rings (SSSR count). The first-order chi connectivity index (χ1) is 3.13. The molecule has 44 valence electrons. The first kappa shape index (κ1) is 6.84. The molecule has 0 aromatic rings. The molecular weight excluding hydrogens is 96.0 g/mol. The Hall–Kier alpha value is -0.160. The van der Waals surface area contributed by atoms with Crippen LogP contribution in [0, 0.1) is 5.21 Å². The smallest absolute Gasteiger partial charge is 0.0142 e. The standard InChI is InChI=1S/C3H9N2O2/c1-4(2)7-5(3)6/h1-3H3/q-1. The van der Waals surface area contributed by atoms with Gasteiger partial charge in [-0.2, -0.15) is 5.06 Å². The third kappa shape index (κ3) is 5.84. The molecule has 0 aliphatic heterocycles. The molecule has 0 aliphatic carbocycles. The predicted octanol–water partition coefficient (Wildman–Crippen LogP) is -0.176. The van der Waals surface area contributed by atoms with Crippen molar-refractivity contribution >= 4 is 0 Å². The van der Waals surface area contributed by atoms with Crippen LogP contribution in [0.15, 0.2) is 0 Å². The van der Waals surface area contributed by atoms with E-state index in [4.69, 9.17) is 0 Å². The molecule has 0 aliphatic rings. The Balaban J connectivity index is 2.95. The van der Waals surface area contributed by atoms with Crippen molar-refractivity contribution in [3.63, 3.8) is 0 Å². The van der Waals surface area contributed by atoms with Gasteiger partial charge in [0.15, 0.2) is 0 Å². The molecule has 0 amide bonds. The summed E-state index contributed by atoms with van der Waals surface area (Å²) in [5.74, 6) is 0. The lowest BCUT2D eigenvalue weighted by Crippen LogP contribution is -2.22. The molecule has 0 aromatic heterocycles. The summed E-state index contributed by atoms with van der Waals surface area (Å²) in [5, 5.41) is 11.6. The minimum absolute atomic E-state index is 0.375. The summed E-state index contributed by atoms with van der Waals surface area (Å²) >= 11 is 0. The van der Waals surface area contributed by atoms with E-state index in [9.17, 15) is 5.21 Å². The van der Waals surface area contributed by atoms with Crippen molar-refractivity contribution in [3.8, 4) is 0 Å². The zero-order chi connectivity index (χ0) is 5.86. The van der Waals surface area contributed by atoms with E-state index in [-0.39, 0.29) is 0 Å². The summed E-state index contributed by atoms with van der Waals surface area (Å²) in [6, 6.07) is 0. The fraction of sp³-hybridized carbons (Fsp3) is 1.00. The van der Waals surface area contributed by atoms with Gasteiger partial charge in [-0.15, -0.1) is 0 Å². The summed E-state index contributed by atoms with van der Waals surface area (Å²) in [5.41, 5.74) is 0. The monoisotopic (exact) mass is 105 g/mol. The molecular formula is C3H9N2O2-. The van der Waals surface area contributed by atoms with Crippen molar-refractivity contribution in [2.24, 2.45) is 0 Å². The van der Waals surface area contributed by atoms with E-state index in [1.165, 1.54) is 12.1 Å². The highest BCUT2D eigenvalue weighted by Crippen LogP contribution is 1.80. The SMILES string of the molecule is CN(C)ON(C)[O-]. The predicted molar refractivity (Wildman–Crippen MR) is 25.9 cm³/mol. The Labute approximate surface area is 42.8 Å². The highest BCUT2D eigenvalue weighted by molar-refractivity contribution is 4.21. The van der Waals surface area contributed by atoms with E-state index < -0.39 is 0 Å². The Morgan fingerprint density at radius 3 is 1.71 bits per heavy atom. The fourth-order valence-electron chi connectivity index (χ4n) is 0.230. The summed E-state index contributed by atoms with van der Waals surface area (Å²) in [6.45, 7) is 0. The summed E-state index contributed by atoms with van der Waals surface area (Å²) in [4.78, 5) is 4.36. The van der Waals surface area contributed by atoms with Gasteiger partial charge in [0.25, 0.3) is 0 Å². The van der Waals surface area contributed by atoms with Crippen molar-refractivity contribution in [2.45, 2.75) is 0 Å². The van der Waals surface area contributed by atoms with Crippen LogP contribution >= 0.6 is 0 Å². The van der Waals surface area contributed by atoms with Gasteiger partial charge < -0.3 is 5.21 Å². The molecule has 0 spiro atoms. The Morgan fingerprint density at radius 2 is 1.71 bits per heavy atom. The maximum absolute atomic E-state index is 9.91. The van der Waals surface area contributed by atoms with Crippen LogP contribution in [0.3, 0.4) is 0 Å². The highest BCUT2D eigenvalue weighted by atomic mass is 17.0. The molecule has 0 fully saturated rings. The van der Waals surface area contributed by atoms with Crippen LogP contribution in [0.4, 0.5) is 0 Å². The van der Waals surface area contributed by atoms with Gasteiger partial charge in [0.2, 0.25) is 0 Å². The molecule has 0 saturated carbocycles. The average Bonchev–Trinajstić information content (AvgIpc) is 1.27. The Morgan fingerprint density at radius 1 is 1.29 bits per heavy atom. The minimum Gasteiger partial charge on any atom is -0.761 e. The topological polar surface area (TPSA) is 38.8 Å². The van der Waals surface area contributed by atoms with Gasteiger partial charge in [-0.05, 0) is 0 Å². The third-order valence-corrected chi connectivity index (χ3v) is 0.278. The number of hydrogen-bond acceptors (Lipinski definition) is 4. The first-order valence-corrected chi connectivity index (χ1v) is 1.89. The van der Waals surface area contributed by atoms with Crippen LogP contribution in [0.2, 0.25) is 0 Å². The largest absolute Gasteiger partial charge is 0.761 e. The molecule has 0 bridgehead atoms. The van der Waals surface area contributed by atoms with Crippen LogP contribution < -0.4 is 0 Å². The molecule has 0 aromatic carbocycles. The molecule has 0 N–H and O–H groups in total. The Bertz CT molecular complexity index is 40.2. The summed E-state index contributed by atoms with van der Waals surface area (Å²) in [6.07, 6.45) is 0. The molecule has 0 unspecified atom stereocenters. The summed E-state index contributed by atoms with van der Waals surface area (Å²) < 4.78 is 0. The molecule has 4 nitrogen and oxygen atoms in total. The molecule has 4 heteroatoms. The van der Waals surface area contributed by atoms with E-state index >= 15 is 0 Å². The van der Waals surface area contributed by atoms with E-state index in [1.54, 1.807) is 14.1 Å². The van der Waals surface area contributed by atoms with Gasteiger partial charge in [0.05, 0.1) is 0 Å². The van der Waals surface area contributed by atoms with Crippen LogP contribution in [0.25, 0.3) is 0 Å². The molecule has 0 radical (unpaired) electrons.